The number of nitrogens with zero attached hydrogens (tertiary/aromatic N) is 1. The van der Waals surface area contributed by atoms with Crippen molar-refractivity contribution in [3.63, 3.8) is 0 Å². The van der Waals surface area contributed by atoms with Crippen molar-refractivity contribution in [3.8, 4) is 11.5 Å². The number of halogens is 2. The number of ether oxygens (including phenoxy) is 1. The number of hydrazone groups is 1. The highest BCUT2D eigenvalue weighted by Gasteiger charge is 2.09. The molecule has 0 heterocycles. The molecule has 4 nitrogen and oxygen atoms in total. The zero-order valence-corrected chi connectivity index (χ0v) is 13.9. The Morgan fingerprint density at radius 3 is 2.76 bits per heavy atom. The van der Waals surface area contributed by atoms with Crippen LogP contribution >= 0.6 is 27.5 Å². The maximum absolute atomic E-state index is 9.89. The van der Waals surface area contributed by atoms with Crippen LogP contribution in [0.25, 0.3) is 0 Å². The van der Waals surface area contributed by atoms with E-state index in [1.165, 1.54) is 7.11 Å². The molecule has 0 aliphatic heterocycles. The van der Waals surface area contributed by atoms with E-state index < -0.39 is 0 Å². The smallest absolute Gasteiger partial charge is 0.172 e. The number of aromatic hydroxyl groups is 1. The SMILES string of the molecule is COc1ccc(/C=N/Nc2ccc(C)c(Cl)c2)c(Br)c1O. The molecule has 2 rings (SSSR count). The monoisotopic (exact) mass is 368 g/mol. The number of hydrogen-bond acceptors (Lipinski definition) is 4. The first kappa shape index (κ1) is 15.7. The maximum atomic E-state index is 9.89. The first-order valence-corrected chi connectivity index (χ1v) is 7.30. The summed E-state index contributed by atoms with van der Waals surface area (Å²) in [4.78, 5) is 0. The lowest BCUT2D eigenvalue weighted by molar-refractivity contribution is 0.372. The molecule has 2 N–H and O–H groups in total. The van der Waals surface area contributed by atoms with E-state index in [4.69, 9.17) is 16.3 Å². The lowest BCUT2D eigenvalue weighted by atomic mass is 10.2. The van der Waals surface area contributed by atoms with Crippen LogP contribution in [-0.4, -0.2) is 18.4 Å². The van der Waals surface area contributed by atoms with Gasteiger partial charge in [0.15, 0.2) is 11.5 Å². The normalized spacial score (nSPS) is 10.9. The minimum Gasteiger partial charge on any atom is -0.503 e. The molecule has 2 aromatic carbocycles. The lowest BCUT2D eigenvalue weighted by Crippen LogP contribution is -1.93. The minimum absolute atomic E-state index is 0.0415. The van der Waals surface area contributed by atoms with E-state index in [1.54, 1.807) is 24.4 Å². The van der Waals surface area contributed by atoms with E-state index >= 15 is 0 Å². The van der Waals surface area contributed by atoms with E-state index in [-0.39, 0.29) is 5.75 Å². The number of anilines is 1. The van der Waals surface area contributed by atoms with Gasteiger partial charge in [0.25, 0.3) is 0 Å². The van der Waals surface area contributed by atoms with Crippen LogP contribution in [0.1, 0.15) is 11.1 Å². The first-order valence-electron chi connectivity index (χ1n) is 6.13. The van der Waals surface area contributed by atoms with Gasteiger partial charge in [0, 0.05) is 10.6 Å². The van der Waals surface area contributed by atoms with Gasteiger partial charge in [-0.05, 0) is 52.7 Å². The number of nitrogens with one attached hydrogen (secondary N) is 1. The first-order chi connectivity index (χ1) is 10.0. The molecule has 0 spiro atoms. The molecule has 0 fully saturated rings. The van der Waals surface area contributed by atoms with E-state index in [2.05, 4.69) is 26.5 Å². The summed E-state index contributed by atoms with van der Waals surface area (Å²) in [6, 6.07) is 9.06. The Morgan fingerprint density at radius 1 is 1.33 bits per heavy atom. The van der Waals surface area contributed by atoms with E-state index in [0.717, 1.165) is 16.8 Å². The van der Waals surface area contributed by atoms with Crippen LogP contribution in [0, 0.1) is 6.92 Å². The van der Waals surface area contributed by atoms with Gasteiger partial charge < -0.3 is 9.84 Å². The predicted octanol–water partition coefficient (Wildman–Crippen LogP) is 4.57. The number of aryl methyl sites for hydroxylation is 1. The molecule has 0 saturated heterocycles. The van der Waals surface area contributed by atoms with E-state index in [9.17, 15) is 5.11 Å². The predicted molar refractivity (Wildman–Crippen MR) is 89.8 cm³/mol. The summed E-state index contributed by atoms with van der Waals surface area (Å²) in [5, 5.41) is 14.7. The van der Waals surface area contributed by atoms with Gasteiger partial charge in [-0.2, -0.15) is 5.10 Å². The quantitative estimate of drug-likeness (QED) is 0.613. The number of benzene rings is 2. The second-order valence-corrected chi connectivity index (χ2v) is 5.55. The summed E-state index contributed by atoms with van der Waals surface area (Å²) in [6.07, 6.45) is 1.59. The highest BCUT2D eigenvalue weighted by molar-refractivity contribution is 9.10. The van der Waals surface area contributed by atoms with E-state index in [1.807, 2.05) is 19.1 Å². The zero-order chi connectivity index (χ0) is 15.4. The molecule has 0 bridgehead atoms. The van der Waals surface area contributed by atoms with Crippen LogP contribution in [0.3, 0.4) is 0 Å². The van der Waals surface area contributed by atoms with Crippen molar-refractivity contribution in [2.75, 3.05) is 12.5 Å². The molecule has 110 valence electrons. The second-order valence-electron chi connectivity index (χ2n) is 4.35. The summed E-state index contributed by atoms with van der Waals surface area (Å²) >= 11 is 9.35. The number of phenolic OH excluding ortho intramolecular Hbond substituents is 1. The van der Waals surface area contributed by atoms with Gasteiger partial charge in [-0.25, -0.2) is 0 Å². The molecular formula is C15H14BrClN2O2. The fraction of sp³-hybridized carbons (Fsp3) is 0.133. The van der Waals surface area contributed by atoms with Gasteiger partial charge in [0.1, 0.15) is 0 Å². The van der Waals surface area contributed by atoms with Crippen molar-refractivity contribution in [1.29, 1.82) is 0 Å². The van der Waals surface area contributed by atoms with E-state index in [0.29, 0.717) is 15.2 Å². The Labute approximate surface area is 136 Å². The third-order valence-corrected chi connectivity index (χ3v) is 4.14. The van der Waals surface area contributed by atoms with Gasteiger partial charge in [-0.3, -0.25) is 5.43 Å². The molecule has 21 heavy (non-hydrogen) atoms. The molecule has 0 unspecified atom stereocenters. The number of methoxy groups -OCH3 is 1. The summed E-state index contributed by atoms with van der Waals surface area (Å²) in [5.41, 5.74) is 5.41. The van der Waals surface area contributed by atoms with Gasteiger partial charge in [-0.1, -0.05) is 17.7 Å². The Bertz CT molecular complexity index is 690. The fourth-order valence-corrected chi connectivity index (χ4v) is 2.28. The molecule has 2 aromatic rings. The highest BCUT2D eigenvalue weighted by Crippen LogP contribution is 2.35. The Balaban J connectivity index is 2.14. The lowest BCUT2D eigenvalue weighted by Gasteiger charge is -2.07. The molecule has 6 heteroatoms. The third kappa shape index (κ3) is 3.68. The van der Waals surface area contributed by atoms with Crippen molar-refractivity contribution in [2.24, 2.45) is 5.10 Å². The molecule has 0 aliphatic carbocycles. The Kier molecular flexibility index (Phi) is 5.09. The molecule has 0 aliphatic rings. The topological polar surface area (TPSA) is 53.8 Å². The summed E-state index contributed by atoms with van der Waals surface area (Å²) in [7, 11) is 1.50. The van der Waals surface area contributed by atoms with Crippen LogP contribution in [0.4, 0.5) is 5.69 Å². The summed E-state index contributed by atoms with van der Waals surface area (Å²) < 4.78 is 5.55. The molecule has 0 atom stereocenters. The Hall–Kier alpha value is -1.72. The van der Waals surface area contributed by atoms with Crippen molar-refractivity contribution in [3.05, 3.63) is 51.0 Å². The Morgan fingerprint density at radius 2 is 2.10 bits per heavy atom. The molecular weight excluding hydrogens is 356 g/mol. The number of phenols is 1. The van der Waals surface area contributed by atoms with Crippen LogP contribution in [0.2, 0.25) is 5.02 Å². The fourth-order valence-electron chi connectivity index (χ4n) is 1.67. The van der Waals surface area contributed by atoms with Gasteiger partial charge in [0.05, 0.1) is 23.5 Å². The van der Waals surface area contributed by atoms with Crippen molar-refractivity contribution in [2.45, 2.75) is 6.92 Å². The standard InChI is InChI=1S/C15H14BrClN2O2/c1-9-3-5-11(7-12(9)17)19-18-8-10-4-6-13(21-2)15(20)14(10)16/h3-8,19-20H,1-2H3/b18-8+. The van der Waals surface area contributed by atoms with Gasteiger partial charge >= 0.3 is 0 Å². The second kappa shape index (κ2) is 6.83. The van der Waals surface area contributed by atoms with Crippen molar-refractivity contribution < 1.29 is 9.84 Å². The van der Waals surface area contributed by atoms with Crippen molar-refractivity contribution in [1.82, 2.24) is 0 Å². The minimum atomic E-state index is 0.0415. The van der Waals surface area contributed by atoms with Gasteiger partial charge in [0.2, 0.25) is 0 Å². The van der Waals surface area contributed by atoms with Gasteiger partial charge in [-0.15, -0.1) is 0 Å². The number of hydrogen-bond donors (Lipinski definition) is 2. The largest absolute Gasteiger partial charge is 0.503 e. The highest BCUT2D eigenvalue weighted by atomic mass is 79.9. The maximum Gasteiger partial charge on any atom is 0.172 e. The van der Waals surface area contributed by atoms with Crippen LogP contribution in [0.15, 0.2) is 39.9 Å². The molecule has 0 amide bonds. The van der Waals surface area contributed by atoms with Crippen LogP contribution in [-0.2, 0) is 0 Å². The van der Waals surface area contributed by atoms with Crippen LogP contribution < -0.4 is 10.2 Å². The van der Waals surface area contributed by atoms with Crippen LogP contribution in [0.5, 0.6) is 11.5 Å². The third-order valence-electron chi connectivity index (χ3n) is 2.90. The average molecular weight is 370 g/mol. The molecule has 0 radical (unpaired) electrons. The number of rotatable bonds is 4. The zero-order valence-electron chi connectivity index (χ0n) is 11.5. The summed E-state index contributed by atoms with van der Waals surface area (Å²) in [6.45, 7) is 1.94. The molecule has 0 saturated carbocycles. The summed E-state index contributed by atoms with van der Waals surface area (Å²) in [5.74, 6) is 0.442. The molecule has 0 aromatic heterocycles. The van der Waals surface area contributed by atoms with Crippen molar-refractivity contribution >= 4 is 39.4 Å². The average Bonchev–Trinajstić information content (AvgIpc) is 2.47.